The van der Waals surface area contributed by atoms with Crippen molar-refractivity contribution < 1.29 is 23.1 Å². The molecule has 10 heteroatoms. The van der Waals surface area contributed by atoms with Crippen LogP contribution in [0.15, 0.2) is 47.6 Å². The number of benzene rings is 1. The van der Waals surface area contributed by atoms with Crippen molar-refractivity contribution >= 4 is 11.7 Å². The number of carbonyl (C=O) groups is 1. The van der Waals surface area contributed by atoms with Crippen LogP contribution >= 0.6 is 0 Å². The van der Waals surface area contributed by atoms with Crippen molar-refractivity contribution in [3.05, 3.63) is 60.3 Å². The topological polar surface area (TPSA) is 103 Å². The molecule has 1 N–H and O–H groups in total. The highest BCUT2D eigenvalue weighted by molar-refractivity contribution is 5.91. The zero-order valence-corrected chi connectivity index (χ0v) is 18.8. The van der Waals surface area contributed by atoms with Crippen molar-refractivity contribution in [3.8, 4) is 11.6 Å². The van der Waals surface area contributed by atoms with E-state index in [4.69, 9.17) is 13.9 Å². The minimum atomic E-state index is -0.519. The third-order valence-electron chi connectivity index (χ3n) is 6.02. The van der Waals surface area contributed by atoms with E-state index in [0.717, 1.165) is 24.8 Å². The second-order valence-corrected chi connectivity index (χ2v) is 8.68. The van der Waals surface area contributed by atoms with Crippen LogP contribution in [-0.2, 0) is 0 Å². The van der Waals surface area contributed by atoms with Gasteiger partial charge in [0.2, 0.25) is 11.6 Å². The molecular weight excluding hydrogens is 441 g/mol. The second kappa shape index (κ2) is 9.66. The molecule has 9 nitrogen and oxygen atoms in total. The molecule has 34 heavy (non-hydrogen) atoms. The molecule has 2 fully saturated rings. The molecule has 1 saturated heterocycles. The van der Waals surface area contributed by atoms with Gasteiger partial charge in [-0.3, -0.25) is 4.79 Å². The standard InChI is InChI=1S/C24H26FN5O4/c1-15(29-23(31)20-10-26-14-33-20)17-4-6-18(7-5-17)34-19-8-9-30(11-19)22-21(25)24(28-13-27-22)32-12-16-2-3-16/h4-7,10,13-16,19H,2-3,8-9,11-12H2,1H3,(H,29,31)/t15-,19?/m0/s1. The number of hydrogen-bond acceptors (Lipinski definition) is 8. The van der Waals surface area contributed by atoms with E-state index in [1.165, 1.54) is 18.9 Å². The number of anilines is 1. The fourth-order valence-corrected chi connectivity index (χ4v) is 3.87. The number of hydrogen-bond donors (Lipinski definition) is 1. The molecule has 1 aromatic carbocycles. The van der Waals surface area contributed by atoms with Crippen LogP contribution in [0.25, 0.3) is 0 Å². The summed E-state index contributed by atoms with van der Waals surface area (Å²) in [7, 11) is 0. The number of nitrogens with zero attached hydrogens (tertiary/aromatic N) is 4. The van der Waals surface area contributed by atoms with Crippen molar-refractivity contribution in [2.45, 2.75) is 38.3 Å². The van der Waals surface area contributed by atoms with Crippen LogP contribution < -0.4 is 19.7 Å². The first-order valence-corrected chi connectivity index (χ1v) is 11.4. The molecule has 3 heterocycles. The molecule has 1 aliphatic heterocycles. The molecule has 1 unspecified atom stereocenters. The van der Waals surface area contributed by atoms with E-state index in [-0.39, 0.29) is 35.5 Å². The molecule has 0 bridgehead atoms. The molecule has 0 radical (unpaired) electrons. The van der Waals surface area contributed by atoms with Crippen molar-refractivity contribution in [2.75, 3.05) is 24.6 Å². The van der Waals surface area contributed by atoms with E-state index < -0.39 is 5.82 Å². The lowest BCUT2D eigenvalue weighted by molar-refractivity contribution is 0.0912. The lowest BCUT2D eigenvalue weighted by Crippen LogP contribution is -2.27. The van der Waals surface area contributed by atoms with Crippen LogP contribution in [-0.4, -0.2) is 46.7 Å². The monoisotopic (exact) mass is 467 g/mol. The van der Waals surface area contributed by atoms with Gasteiger partial charge in [0.15, 0.2) is 12.2 Å². The smallest absolute Gasteiger partial charge is 0.289 e. The third-order valence-corrected chi connectivity index (χ3v) is 6.02. The van der Waals surface area contributed by atoms with Crippen molar-refractivity contribution in [3.63, 3.8) is 0 Å². The van der Waals surface area contributed by atoms with Crippen molar-refractivity contribution in [1.29, 1.82) is 0 Å². The Morgan fingerprint density at radius 2 is 2.09 bits per heavy atom. The molecular formula is C24H26FN5O4. The Morgan fingerprint density at radius 3 is 2.82 bits per heavy atom. The molecule has 1 aliphatic carbocycles. The van der Waals surface area contributed by atoms with Gasteiger partial charge in [0.1, 0.15) is 18.2 Å². The summed E-state index contributed by atoms with van der Waals surface area (Å²) in [5, 5.41) is 2.87. The maximum absolute atomic E-state index is 14.9. The number of aromatic nitrogens is 3. The van der Waals surface area contributed by atoms with Crippen LogP contribution in [0.5, 0.6) is 11.6 Å². The molecule has 2 atom stereocenters. The first kappa shape index (κ1) is 22.1. The maximum atomic E-state index is 14.9. The summed E-state index contributed by atoms with van der Waals surface area (Å²) in [6.07, 6.45) is 6.84. The average molecular weight is 468 g/mol. The first-order valence-electron chi connectivity index (χ1n) is 11.4. The summed E-state index contributed by atoms with van der Waals surface area (Å²) in [4.78, 5) is 25.8. The second-order valence-electron chi connectivity index (χ2n) is 8.68. The summed E-state index contributed by atoms with van der Waals surface area (Å²) in [6, 6.07) is 7.32. The Labute approximate surface area is 196 Å². The Kier molecular flexibility index (Phi) is 6.29. The van der Waals surface area contributed by atoms with E-state index in [2.05, 4.69) is 20.3 Å². The largest absolute Gasteiger partial charge is 0.489 e. The Hall–Kier alpha value is -3.69. The minimum Gasteiger partial charge on any atom is -0.489 e. The lowest BCUT2D eigenvalue weighted by atomic mass is 10.1. The summed E-state index contributed by atoms with van der Waals surface area (Å²) in [5.41, 5.74) is 0.926. The molecule has 3 aromatic rings. The van der Waals surface area contributed by atoms with Crippen LogP contribution in [0.1, 0.15) is 48.3 Å². The molecule has 1 amide bonds. The summed E-state index contributed by atoms with van der Waals surface area (Å²) in [6.45, 7) is 3.53. The number of rotatable bonds is 9. The van der Waals surface area contributed by atoms with Crippen molar-refractivity contribution in [1.82, 2.24) is 20.3 Å². The summed E-state index contributed by atoms with van der Waals surface area (Å²) >= 11 is 0. The number of ether oxygens (including phenoxy) is 2. The zero-order chi connectivity index (χ0) is 23.5. The van der Waals surface area contributed by atoms with Crippen LogP contribution in [0.4, 0.5) is 10.2 Å². The van der Waals surface area contributed by atoms with Gasteiger partial charge in [-0.05, 0) is 43.4 Å². The molecule has 5 rings (SSSR count). The molecule has 0 spiro atoms. The highest BCUT2D eigenvalue weighted by Crippen LogP contribution is 2.32. The predicted octanol–water partition coefficient (Wildman–Crippen LogP) is 3.54. The highest BCUT2D eigenvalue weighted by atomic mass is 19.1. The van der Waals surface area contributed by atoms with Gasteiger partial charge in [-0.1, -0.05) is 12.1 Å². The number of carbonyl (C=O) groups excluding carboxylic acids is 1. The fourth-order valence-electron chi connectivity index (χ4n) is 3.87. The number of halogens is 1. The van der Waals surface area contributed by atoms with Gasteiger partial charge in [0.05, 0.1) is 25.4 Å². The van der Waals surface area contributed by atoms with Gasteiger partial charge in [0.25, 0.3) is 11.8 Å². The van der Waals surface area contributed by atoms with Crippen LogP contribution in [0.2, 0.25) is 0 Å². The van der Waals surface area contributed by atoms with E-state index in [9.17, 15) is 9.18 Å². The lowest BCUT2D eigenvalue weighted by Gasteiger charge is -2.19. The maximum Gasteiger partial charge on any atom is 0.289 e. The quantitative estimate of drug-likeness (QED) is 0.510. The number of nitrogens with one attached hydrogen (secondary N) is 1. The van der Waals surface area contributed by atoms with Gasteiger partial charge in [-0.15, -0.1) is 0 Å². The van der Waals surface area contributed by atoms with E-state index in [0.29, 0.717) is 31.4 Å². The molecule has 2 aromatic heterocycles. The van der Waals surface area contributed by atoms with Crippen LogP contribution in [0.3, 0.4) is 0 Å². The molecule has 1 saturated carbocycles. The summed E-state index contributed by atoms with van der Waals surface area (Å²) < 4.78 is 31.5. The summed E-state index contributed by atoms with van der Waals surface area (Å²) in [5.74, 6) is 0.811. The van der Waals surface area contributed by atoms with E-state index >= 15 is 0 Å². The average Bonchev–Trinajstić information content (AvgIpc) is 3.29. The van der Waals surface area contributed by atoms with E-state index in [1.807, 2.05) is 36.1 Å². The fraction of sp³-hybridized carbons (Fsp3) is 0.417. The van der Waals surface area contributed by atoms with Gasteiger partial charge >= 0.3 is 0 Å². The number of amides is 1. The Balaban J connectivity index is 1.15. The van der Waals surface area contributed by atoms with Gasteiger partial charge < -0.3 is 24.1 Å². The highest BCUT2D eigenvalue weighted by Gasteiger charge is 2.29. The SMILES string of the molecule is C[C@H](NC(=O)c1cnco1)c1ccc(OC2CCN(c3ncnc(OCC4CC4)c3F)C2)cc1. The Morgan fingerprint density at radius 1 is 1.26 bits per heavy atom. The predicted molar refractivity (Wildman–Crippen MR) is 120 cm³/mol. The number of oxazole rings is 1. The van der Waals surface area contributed by atoms with Gasteiger partial charge in [-0.2, -0.15) is 9.37 Å². The normalized spacial score (nSPS) is 18.5. The van der Waals surface area contributed by atoms with Gasteiger partial charge in [-0.25, -0.2) is 9.97 Å². The van der Waals surface area contributed by atoms with E-state index in [1.54, 1.807) is 0 Å². The van der Waals surface area contributed by atoms with Crippen molar-refractivity contribution in [2.24, 2.45) is 5.92 Å². The van der Waals surface area contributed by atoms with Gasteiger partial charge in [0, 0.05) is 13.0 Å². The Bertz CT molecular complexity index is 1120. The molecule has 178 valence electrons. The first-order chi connectivity index (χ1) is 16.6. The minimum absolute atomic E-state index is 0.0152. The zero-order valence-electron chi connectivity index (χ0n) is 18.8. The van der Waals surface area contributed by atoms with Crippen LogP contribution in [0, 0.1) is 11.7 Å². The third kappa shape index (κ3) is 5.11. The molecule has 2 aliphatic rings.